The van der Waals surface area contributed by atoms with Gasteiger partial charge < -0.3 is 0 Å². The lowest BCUT2D eigenvalue weighted by Crippen LogP contribution is -2.01. The van der Waals surface area contributed by atoms with Gasteiger partial charge in [0.05, 0.1) is 21.4 Å². The fourth-order valence-electron chi connectivity index (χ4n) is 2.21. The summed E-state index contributed by atoms with van der Waals surface area (Å²) in [7, 11) is 0. The Morgan fingerprint density at radius 2 is 1.95 bits per heavy atom. The van der Waals surface area contributed by atoms with Crippen LogP contribution in [0.25, 0.3) is 16.7 Å². The van der Waals surface area contributed by atoms with E-state index in [-0.39, 0.29) is 5.38 Å². The first kappa shape index (κ1) is 13.9. The minimum absolute atomic E-state index is 0.190. The van der Waals surface area contributed by atoms with E-state index in [1.54, 1.807) is 0 Å². The molecule has 1 heterocycles. The van der Waals surface area contributed by atoms with Crippen molar-refractivity contribution in [1.29, 1.82) is 0 Å². The third-order valence-corrected chi connectivity index (χ3v) is 4.53. The number of rotatable bonds is 2. The van der Waals surface area contributed by atoms with Crippen LogP contribution in [0.5, 0.6) is 0 Å². The molecule has 0 bridgehead atoms. The fourth-order valence-corrected chi connectivity index (χ4v) is 2.77. The molecule has 0 spiro atoms. The van der Waals surface area contributed by atoms with Gasteiger partial charge in [-0.15, -0.1) is 11.6 Å². The third kappa shape index (κ3) is 2.34. The predicted molar refractivity (Wildman–Crippen MR) is 88.0 cm³/mol. The second kappa shape index (κ2) is 5.40. The average Bonchev–Trinajstić information content (AvgIpc) is 2.81. The summed E-state index contributed by atoms with van der Waals surface area (Å²) in [6, 6.07) is 13.8. The number of imidazole rings is 1. The van der Waals surface area contributed by atoms with Crippen molar-refractivity contribution in [3.05, 3.63) is 57.8 Å². The summed E-state index contributed by atoms with van der Waals surface area (Å²) in [6.07, 6.45) is 0. The number of benzene rings is 2. The molecule has 2 aromatic carbocycles. The molecular weight excluding hydrogens is 359 g/mol. The molecule has 1 atom stereocenters. The Morgan fingerprint density at radius 3 is 2.65 bits per heavy atom. The number of aromatic nitrogens is 2. The van der Waals surface area contributed by atoms with E-state index >= 15 is 0 Å². The van der Waals surface area contributed by atoms with Gasteiger partial charge in [0.1, 0.15) is 5.82 Å². The standard InChI is InChI=1S/C15H11BrCl2N2/c1-9(17)15-19-13-4-2-3-5-14(13)20(15)10-6-7-11(16)12(18)8-10/h2-9H,1H3. The van der Waals surface area contributed by atoms with E-state index in [0.29, 0.717) is 5.02 Å². The summed E-state index contributed by atoms with van der Waals surface area (Å²) >= 11 is 15.9. The van der Waals surface area contributed by atoms with Crippen LogP contribution in [0.4, 0.5) is 0 Å². The zero-order valence-corrected chi connectivity index (χ0v) is 13.7. The Kier molecular flexibility index (Phi) is 3.76. The maximum Gasteiger partial charge on any atom is 0.132 e. The van der Waals surface area contributed by atoms with Crippen LogP contribution in [-0.4, -0.2) is 9.55 Å². The normalized spacial score (nSPS) is 12.8. The predicted octanol–water partition coefficient (Wildman–Crippen LogP) is 5.74. The van der Waals surface area contributed by atoms with E-state index in [1.807, 2.05) is 54.0 Å². The molecule has 1 unspecified atom stereocenters. The highest BCUT2D eigenvalue weighted by Crippen LogP contribution is 2.31. The topological polar surface area (TPSA) is 17.8 Å². The monoisotopic (exact) mass is 368 g/mol. The van der Waals surface area contributed by atoms with Crippen LogP contribution in [0, 0.1) is 0 Å². The maximum atomic E-state index is 6.28. The number of hydrogen-bond donors (Lipinski definition) is 0. The summed E-state index contributed by atoms with van der Waals surface area (Å²) in [6.45, 7) is 1.92. The third-order valence-electron chi connectivity index (χ3n) is 3.10. The summed E-state index contributed by atoms with van der Waals surface area (Å²) in [5.74, 6) is 0.811. The van der Waals surface area contributed by atoms with Gasteiger partial charge in [-0.2, -0.15) is 0 Å². The second-order valence-electron chi connectivity index (χ2n) is 4.51. The van der Waals surface area contributed by atoms with Crippen molar-refractivity contribution in [3.63, 3.8) is 0 Å². The van der Waals surface area contributed by atoms with Gasteiger partial charge in [-0.3, -0.25) is 4.57 Å². The van der Waals surface area contributed by atoms with Crippen LogP contribution in [0.15, 0.2) is 46.9 Å². The summed E-state index contributed by atoms with van der Waals surface area (Å²) < 4.78 is 2.92. The number of alkyl halides is 1. The molecule has 2 nitrogen and oxygen atoms in total. The lowest BCUT2D eigenvalue weighted by atomic mass is 10.2. The Labute approximate surface area is 135 Å². The molecule has 0 N–H and O–H groups in total. The van der Waals surface area contributed by atoms with Crippen LogP contribution < -0.4 is 0 Å². The molecule has 20 heavy (non-hydrogen) atoms. The number of fused-ring (bicyclic) bond motifs is 1. The van der Waals surface area contributed by atoms with Gasteiger partial charge in [-0.1, -0.05) is 23.7 Å². The van der Waals surface area contributed by atoms with Gasteiger partial charge in [-0.25, -0.2) is 4.98 Å². The first-order chi connectivity index (χ1) is 9.58. The molecule has 1 aromatic heterocycles. The molecule has 0 aliphatic rings. The van der Waals surface area contributed by atoms with Crippen molar-refractivity contribution in [2.75, 3.05) is 0 Å². The van der Waals surface area contributed by atoms with Gasteiger partial charge >= 0.3 is 0 Å². The molecule has 0 saturated heterocycles. The molecule has 3 aromatic rings. The van der Waals surface area contributed by atoms with E-state index < -0.39 is 0 Å². The van der Waals surface area contributed by atoms with Gasteiger partial charge in [0.15, 0.2) is 0 Å². The minimum atomic E-state index is -0.190. The lowest BCUT2D eigenvalue weighted by molar-refractivity contribution is 0.882. The molecular formula is C15H11BrCl2N2. The average molecular weight is 370 g/mol. The van der Waals surface area contributed by atoms with E-state index in [2.05, 4.69) is 20.9 Å². The van der Waals surface area contributed by atoms with Crippen molar-refractivity contribution >= 4 is 50.2 Å². The first-order valence-corrected chi connectivity index (χ1v) is 7.75. The van der Waals surface area contributed by atoms with Crippen molar-refractivity contribution in [2.45, 2.75) is 12.3 Å². The maximum absolute atomic E-state index is 6.28. The van der Waals surface area contributed by atoms with Crippen LogP contribution in [0.1, 0.15) is 18.1 Å². The number of para-hydroxylation sites is 2. The highest BCUT2D eigenvalue weighted by molar-refractivity contribution is 9.10. The smallest absolute Gasteiger partial charge is 0.132 e. The van der Waals surface area contributed by atoms with Gasteiger partial charge in [0.2, 0.25) is 0 Å². The minimum Gasteiger partial charge on any atom is -0.295 e. The van der Waals surface area contributed by atoms with Gasteiger partial charge in [0, 0.05) is 10.2 Å². The number of hydrogen-bond acceptors (Lipinski definition) is 1. The Balaban J connectivity index is 2.33. The Hall–Kier alpha value is -1.03. The SMILES string of the molecule is CC(Cl)c1nc2ccccc2n1-c1ccc(Br)c(Cl)c1. The zero-order chi connectivity index (χ0) is 14.3. The van der Waals surface area contributed by atoms with Gasteiger partial charge in [-0.05, 0) is 53.2 Å². The second-order valence-corrected chi connectivity index (χ2v) is 6.42. The lowest BCUT2D eigenvalue weighted by Gasteiger charge is -2.11. The molecule has 0 aliphatic carbocycles. The Morgan fingerprint density at radius 1 is 1.20 bits per heavy atom. The summed E-state index contributed by atoms with van der Waals surface area (Å²) in [5.41, 5.74) is 2.90. The number of nitrogens with zero attached hydrogens (tertiary/aromatic N) is 2. The summed E-state index contributed by atoms with van der Waals surface area (Å²) in [4.78, 5) is 4.62. The molecule has 0 fully saturated rings. The fraction of sp³-hybridized carbons (Fsp3) is 0.133. The number of halogens is 3. The van der Waals surface area contributed by atoms with Crippen LogP contribution in [-0.2, 0) is 0 Å². The van der Waals surface area contributed by atoms with Crippen LogP contribution in [0.2, 0.25) is 5.02 Å². The van der Waals surface area contributed by atoms with Crippen LogP contribution in [0.3, 0.4) is 0 Å². The highest BCUT2D eigenvalue weighted by atomic mass is 79.9. The van der Waals surface area contributed by atoms with Crippen molar-refractivity contribution in [1.82, 2.24) is 9.55 Å². The summed E-state index contributed by atoms with van der Waals surface area (Å²) in [5, 5.41) is 0.471. The quantitative estimate of drug-likeness (QED) is 0.526. The Bertz CT molecular complexity index is 781. The molecule has 102 valence electrons. The molecule has 0 radical (unpaired) electrons. The van der Waals surface area contributed by atoms with Crippen molar-refractivity contribution < 1.29 is 0 Å². The molecule has 3 rings (SSSR count). The molecule has 5 heteroatoms. The van der Waals surface area contributed by atoms with Gasteiger partial charge in [0.25, 0.3) is 0 Å². The molecule has 0 aliphatic heterocycles. The van der Waals surface area contributed by atoms with Crippen molar-refractivity contribution in [2.24, 2.45) is 0 Å². The zero-order valence-electron chi connectivity index (χ0n) is 10.6. The molecule has 0 saturated carbocycles. The first-order valence-electron chi connectivity index (χ1n) is 6.15. The van der Waals surface area contributed by atoms with E-state index in [1.165, 1.54) is 0 Å². The largest absolute Gasteiger partial charge is 0.295 e. The van der Waals surface area contributed by atoms with E-state index in [9.17, 15) is 0 Å². The van der Waals surface area contributed by atoms with E-state index in [4.69, 9.17) is 23.2 Å². The molecule has 0 amide bonds. The van der Waals surface area contributed by atoms with E-state index in [0.717, 1.165) is 27.0 Å². The van der Waals surface area contributed by atoms with Crippen LogP contribution >= 0.6 is 39.1 Å². The van der Waals surface area contributed by atoms with Crippen molar-refractivity contribution in [3.8, 4) is 5.69 Å². The highest BCUT2D eigenvalue weighted by Gasteiger charge is 2.16.